The molecular formula is C13H24N2O3. The first-order chi connectivity index (χ1) is 8.79. The molecule has 2 atom stereocenters. The first-order valence-electron chi connectivity index (χ1n) is 7.01. The molecule has 1 aliphatic carbocycles. The fourth-order valence-corrected chi connectivity index (χ4v) is 2.87. The third-order valence-electron chi connectivity index (χ3n) is 4.00. The van der Waals surface area contributed by atoms with E-state index in [2.05, 4.69) is 10.6 Å². The predicted octanol–water partition coefficient (Wildman–Crippen LogP) is 0.0322. The lowest BCUT2D eigenvalue weighted by molar-refractivity contribution is -0.121. The Bertz CT molecular complexity index is 267. The Labute approximate surface area is 108 Å². The minimum atomic E-state index is 0.0606. The third kappa shape index (κ3) is 3.93. The lowest BCUT2D eigenvalue weighted by atomic mass is 10.1. The van der Waals surface area contributed by atoms with E-state index in [9.17, 15) is 9.90 Å². The number of hydrogen-bond acceptors (Lipinski definition) is 4. The second-order valence-electron chi connectivity index (χ2n) is 5.32. The first kappa shape index (κ1) is 13.8. The van der Waals surface area contributed by atoms with Crippen LogP contribution in [0.25, 0.3) is 0 Å². The number of amides is 1. The zero-order chi connectivity index (χ0) is 12.8. The predicted molar refractivity (Wildman–Crippen MR) is 68.2 cm³/mol. The number of hydrogen-bond donors (Lipinski definition) is 3. The van der Waals surface area contributed by atoms with Gasteiger partial charge in [-0.3, -0.25) is 4.79 Å². The number of nitrogens with one attached hydrogen (secondary N) is 2. The van der Waals surface area contributed by atoms with E-state index in [1.54, 1.807) is 0 Å². The molecule has 18 heavy (non-hydrogen) atoms. The summed E-state index contributed by atoms with van der Waals surface area (Å²) in [6.07, 6.45) is 5.10. The Morgan fingerprint density at radius 3 is 2.72 bits per heavy atom. The monoisotopic (exact) mass is 256 g/mol. The van der Waals surface area contributed by atoms with Crippen molar-refractivity contribution in [1.29, 1.82) is 0 Å². The van der Waals surface area contributed by atoms with Gasteiger partial charge in [-0.1, -0.05) is 6.42 Å². The summed E-state index contributed by atoms with van der Waals surface area (Å²) in [5.41, 5.74) is 0. The van der Waals surface area contributed by atoms with Gasteiger partial charge in [-0.15, -0.1) is 0 Å². The largest absolute Gasteiger partial charge is 0.396 e. The SMILES string of the molecule is O=C(CNC1CCCC1CO)NC1CCOCC1. The van der Waals surface area contributed by atoms with Crippen LogP contribution in [0.4, 0.5) is 0 Å². The molecule has 2 fully saturated rings. The van der Waals surface area contributed by atoms with Crippen molar-refractivity contribution in [2.24, 2.45) is 5.92 Å². The molecule has 1 saturated carbocycles. The fraction of sp³-hybridized carbons (Fsp3) is 0.923. The number of carbonyl (C=O) groups excluding carboxylic acids is 1. The molecule has 1 saturated heterocycles. The van der Waals surface area contributed by atoms with Crippen LogP contribution in [0.1, 0.15) is 32.1 Å². The normalized spacial score (nSPS) is 29.4. The van der Waals surface area contributed by atoms with Crippen molar-refractivity contribution in [3.05, 3.63) is 0 Å². The van der Waals surface area contributed by atoms with Crippen molar-refractivity contribution < 1.29 is 14.6 Å². The van der Waals surface area contributed by atoms with Crippen molar-refractivity contribution in [3.63, 3.8) is 0 Å². The number of ether oxygens (including phenoxy) is 1. The Balaban J connectivity index is 1.64. The van der Waals surface area contributed by atoms with Crippen molar-refractivity contribution >= 4 is 5.91 Å². The lowest BCUT2D eigenvalue weighted by Gasteiger charge is -2.24. The van der Waals surface area contributed by atoms with Crippen molar-refractivity contribution in [3.8, 4) is 0 Å². The molecule has 2 rings (SSSR count). The highest BCUT2D eigenvalue weighted by Crippen LogP contribution is 2.24. The van der Waals surface area contributed by atoms with E-state index in [1.807, 2.05) is 0 Å². The maximum absolute atomic E-state index is 11.8. The summed E-state index contributed by atoms with van der Waals surface area (Å²) in [4.78, 5) is 11.8. The summed E-state index contributed by atoms with van der Waals surface area (Å²) >= 11 is 0. The summed E-state index contributed by atoms with van der Waals surface area (Å²) < 4.78 is 5.26. The van der Waals surface area contributed by atoms with E-state index >= 15 is 0 Å². The highest BCUT2D eigenvalue weighted by Gasteiger charge is 2.26. The van der Waals surface area contributed by atoms with Crippen LogP contribution < -0.4 is 10.6 Å². The van der Waals surface area contributed by atoms with Crippen LogP contribution in [-0.2, 0) is 9.53 Å². The molecule has 1 amide bonds. The maximum atomic E-state index is 11.8. The van der Waals surface area contributed by atoms with Crippen LogP contribution in [0.5, 0.6) is 0 Å². The van der Waals surface area contributed by atoms with Crippen LogP contribution in [0.3, 0.4) is 0 Å². The van der Waals surface area contributed by atoms with Gasteiger partial charge in [-0.25, -0.2) is 0 Å². The summed E-state index contributed by atoms with van der Waals surface area (Å²) in [6.45, 7) is 2.07. The molecule has 0 bridgehead atoms. The minimum Gasteiger partial charge on any atom is -0.396 e. The standard InChI is InChI=1S/C13H24N2O3/c16-9-10-2-1-3-12(10)14-8-13(17)15-11-4-6-18-7-5-11/h10-12,14,16H,1-9H2,(H,15,17). The van der Waals surface area contributed by atoms with E-state index in [-0.39, 0.29) is 18.6 Å². The van der Waals surface area contributed by atoms with E-state index in [1.165, 1.54) is 0 Å². The number of aliphatic hydroxyl groups is 1. The van der Waals surface area contributed by atoms with E-state index in [0.29, 0.717) is 18.5 Å². The molecule has 0 radical (unpaired) electrons. The molecule has 0 aromatic heterocycles. The van der Waals surface area contributed by atoms with Crippen molar-refractivity contribution in [1.82, 2.24) is 10.6 Å². The van der Waals surface area contributed by atoms with E-state index < -0.39 is 0 Å². The average molecular weight is 256 g/mol. The van der Waals surface area contributed by atoms with Crippen LogP contribution in [0, 0.1) is 5.92 Å². The summed E-state index contributed by atoms with van der Waals surface area (Å²) in [5.74, 6) is 0.381. The minimum absolute atomic E-state index is 0.0606. The zero-order valence-corrected chi connectivity index (χ0v) is 10.9. The second-order valence-corrected chi connectivity index (χ2v) is 5.32. The second kappa shape index (κ2) is 7.07. The summed E-state index contributed by atoms with van der Waals surface area (Å²) in [5, 5.41) is 15.5. The Morgan fingerprint density at radius 2 is 2.00 bits per heavy atom. The molecule has 0 aromatic rings. The molecule has 5 nitrogen and oxygen atoms in total. The van der Waals surface area contributed by atoms with Crippen LogP contribution >= 0.6 is 0 Å². The van der Waals surface area contributed by atoms with Gasteiger partial charge < -0.3 is 20.5 Å². The zero-order valence-electron chi connectivity index (χ0n) is 10.9. The molecule has 1 heterocycles. The highest BCUT2D eigenvalue weighted by molar-refractivity contribution is 5.78. The molecule has 0 aromatic carbocycles. The van der Waals surface area contributed by atoms with Crippen molar-refractivity contribution in [2.45, 2.75) is 44.2 Å². The smallest absolute Gasteiger partial charge is 0.234 e. The van der Waals surface area contributed by atoms with Gasteiger partial charge in [-0.2, -0.15) is 0 Å². The quantitative estimate of drug-likeness (QED) is 0.649. The fourth-order valence-electron chi connectivity index (χ4n) is 2.87. The molecule has 104 valence electrons. The Hall–Kier alpha value is -0.650. The van der Waals surface area contributed by atoms with Gasteiger partial charge in [0.25, 0.3) is 0 Å². The highest BCUT2D eigenvalue weighted by atomic mass is 16.5. The Kier molecular flexibility index (Phi) is 5.41. The first-order valence-corrected chi connectivity index (χ1v) is 7.01. The van der Waals surface area contributed by atoms with Gasteiger partial charge in [0.05, 0.1) is 6.54 Å². The molecule has 0 spiro atoms. The van der Waals surface area contributed by atoms with Crippen LogP contribution in [0.2, 0.25) is 0 Å². The van der Waals surface area contributed by atoms with Gasteiger partial charge in [0.1, 0.15) is 0 Å². The van der Waals surface area contributed by atoms with E-state index in [4.69, 9.17) is 4.74 Å². The molecule has 3 N–H and O–H groups in total. The lowest BCUT2D eigenvalue weighted by Crippen LogP contribution is -2.46. The Morgan fingerprint density at radius 1 is 1.22 bits per heavy atom. The molecule has 2 aliphatic rings. The number of aliphatic hydroxyl groups excluding tert-OH is 1. The summed E-state index contributed by atoms with van der Waals surface area (Å²) in [7, 11) is 0. The summed E-state index contributed by atoms with van der Waals surface area (Å²) in [6, 6.07) is 0.570. The average Bonchev–Trinajstić information content (AvgIpc) is 2.85. The van der Waals surface area contributed by atoms with E-state index in [0.717, 1.165) is 45.3 Å². The van der Waals surface area contributed by atoms with Gasteiger partial charge in [0.15, 0.2) is 0 Å². The molecular weight excluding hydrogens is 232 g/mol. The topological polar surface area (TPSA) is 70.6 Å². The third-order valence-corrected chi connectivity index (χ3v) is 4.00. The van der Waals surface area contributed by atoms with Gasteiger partial charge in [-0.05, 0) is 31.6 Å². The molecule has 1 aliphatic heterocycles. The van der Waals surface area contributed by atoms with Crippen LogP contribution in [-0.4, -0.2) is 49.5 Å². The van der Waals surface area contributed by atoms with Crippen molar-refractivity contribution in [2.75, 3.05) is 26.4 Å². The van der Waals surface area contributed by atoms with Gasteiger partial charge in [0, 0.05) is 31.9 Å². The molecule has 5 heteroatoms. The van der Waals surface area contributed by atoms with Gasteiger partial charge in [0.2, 0.25) is 5.91 Å². The van der Waals surface area contributed by atoms with Gasteiger partial charge >= 0.3 is 0 Å². The number of carbonyl (C=O) groups is 1. The maximum Gasteiger partial charge on any atom is 0.234 e. The molecule has 2 unspecified atom stereocenters. The number of rotatable bonds is 5. The van der Waals surface area contributed by atoms with Crippen LogP contribution in [0.15, 0.2) is 0 Å².